The van der Waals surface area contributed by atoms with Crippen molar-refractivity contribution >= 4 is 28.1 Å². The van der Waals surface area contributed by atoms with Crippen LogP contribution in [0.3, 0.4) is 0 Å². The molecular formula is C15H17N3O2S. The molecule has 110 valence electrons. The first-order valence-electron chi connectivity index (χ1n) is 6.97. The largest absolute Gasteiger partial charge is 0.493 e. The molecule has 5 nitrogen and oxygen atoms in total. The van der Waals surface area contributed by atoms with Crippen LogP contribution in [0, 0.1) is 0 Å². The van der Waals surface area contributed by atoms with Gasteiger partial charge in [-0.15, -0.1) is 11.3 Å². The maximum atomic E-state index is 11.8. The number of anilines is 2. The van der Waals surface area contributed by atoms with Crippen LogP contribution in [0.25, 0.3) is 0 Å². The lowest BCUT2D eigenvalue weighted by molar-refractivity contribution is -0.116. The van der Waals surface area contributed by atoms with Crippen LogP contribution in [0.15, 0.2) is 24.3 Å². The van der Waals surface area contributed by atoms with Gasteiger partial charge >= 0.3 is 0 Å². The van der Waals surface area contributed by atoms with Crippen LogP contribution in [0.1, 0.15) is 23.4 Å². The topological polar surface area (TPSA) is 77.2 Å². The van der Waals surface area contributed by atoms with Gasteiger partial charge in [0.1, 0.15) is 5.75 Å². The fourth-order valence-electron chi connectivity index (χ4n) is 2.25. The third-order valence-corrected chi connectivity index (χ3v) is 4.39. The number of nitrogens with zero attached hydrogens (tertiary/aromatic N) is 1. The van der Waals surface area contributed by atoms with Gasteiger partial charge in [-0.2, -0.15) is 0 Å². The van der Waals surface area contributed by atoms with E-state index in [0.717, 1.165) is 18.5 Å². The van der Waals surface area contributed by atoms with Gasteiger partial charge in [-0.1, -0.05) is 0 Å². The minimum atomic E-state index is -0.0714. The first kappa shape index (κ1) is 13.9. The summed E-state index contributed by atoms with van der Waals surface area (Å²) in [5.74, 6) is 0.642. The van der Waals surface area contributed by atoms with E-state index in [1.807, 2.05) is 0 Å². The third kappa shape index (κ3) is 3.52. The number of hydrogen-bond donors (Lipinski definition) is 2. The van der Waals surface area contributed by atoms with Crippen LogP contribution in [-0.4, -0.2) is 17.5 Å². The Labute approximate surface area is 127 Å². The van der Waals surface area contributed by atoms with Crippen LogP contribution in [-0.2, 0) is 17.6 Å². The molecule has 0 aliphatic heterocycles. The minimum absolute atomic E-state index is 0.0714. The highest BCUT2D eigenvalue weighted by Gasteiger charge is 2.17. The Morgan fingerprint density at radius 2 is 2.14 bits per heavy atom. The van der Waals surface area contributed by atoms with Crippen LogP contribution in [0.2, 0.25) is 0 Å². The molecule has 1 aromatic heterocycles. The van der Waals surface area contributed by atoms with Gasteiger partial charge in [0.05, 0.1) is 18.7 Å². The lowest BCUT2D eigenvalue weighted by Gasteiger charge is -2.06. The molecule has 21 heavy (non-hydrogen) atoms. The van der Waals surface area contributed by atoms with Crippen molar-refractivity contribution in [3.63, 3.8) is 0 Å². The summed E-state index contributed by atoms with van der Waals surface area (Å²) >= 11 is 1.58. The third-order valence-electron chi connectivity index (χ3n) is 3.32. The summed E-state index contributed by atoms with van der Waals surface area (Å²) in [6, 6.07) is 7.12. The number of aryl methyl sites for hydroxylation is 2. The maximum absolute atomic E-state index is 11.8. The summed E-state index contributed by atoms with van der Waals surface area (Å²) in [6.07, 6.45) is 3.59. The molecule has 0 spiro atoms. The van der Waals surface area contributed by atoms with Gasteiger partial charge in [0.25, 0.3) is 0 Å². The molecule has 3 rings (SSSR count). The van der Waals surface area contributed by atoms with Crippen molar-refractivity contribution in [2.24, 2.45) is 0 Å². The number of fused-ring (bicyclic) bond motifs is 1. The van der Waals surface area contributed by atoms with Gasteiger partial charge in [-0.3, -0.25) is 4.79 Å². The number of hydrogen-bond acceptors (Lipinski definition) is 5. The molecule has 2 aromatic rings. The molecule has 0 saturated heterocycles. The molecule has 1 heterocycles. The number of carbonyl (C=O) groups excluding carboxylic acids is 1. The Kier molecular flexibility index (Phi) is 4.06. The van der Waals surface area contributed by atoms with Crippen molar-refractivity contribution in [3.05, 3.63) is 34.8 Å². The van der Waals surface area contributed by atoms with Crippen LogP contribution >= 0.6 is 11.3 Å². The standard InChI is InChI=1S/C15H17N3O2S/c16-10-4-6-11(7-5-10)20-9-8-14(19)18-15-17-12-2-1-3-13(12)21-15/h4-7H,1-3,8-9,16H2,(H,17,18,19). The number of nitrogens with one attached hydrogen (secondary N) is 1. The summed E-state index contributed by atoms with van der Waals surface area (Å²) in [5.41, 5.74) is 7.43. The fourth-order valence-corrected chi connectivity index (χ4v) is 3.32. The van der Waals surface area contributed by atoms with Crippen molar-refractivity contribution in [2.45, 2.75) is 25.7 Å². The summed E-state index contributed by atoms with van der Waals surface area (Å²) in [4.78, 5) is 17.6. The van der Waals surface area contributed by atoms with Crippen molar-refractivity contribution in [3.8, 4) is 5.75 Å². The summed E-state index contributed by atoms with van der Waals surface area (Å²) < 4.78 is 5.50. The number of carbonyl (C=O) groups is 1. The molecule has 1 aliphatic rings. The van der Waals surface area contributed by atoms with Crippen molar-refractivity contribution in [1.82, 2.24) is 4.98 Å². The molecule has 1 aromatic carbocycles. The van der Waals surface area contributed by atoms with E-state index in [4.69, 9.17) is 10.5 Å². The zero-order valence-corrected chi connectivity index (χ0v) is 12.4. The van der Waals surface area contributed by atoms with E-state index in [2.05, 4.69) is 10.3 Å². The first-order chi connectivity index (χ1) is 10.2. The normalized spacial score (nSPS) is 13.0. The average Bonchev–Trinajstić information content (AvgIpc) is 3.02. The lowest BCUT2D eigenvalue weighted by atomic mass is 10.3. The molecule has 1 amide bonds. The molecule has 0 unspecified atom stereocenters. The number of amides is 1. The Bertz CT molecular complexity index is 615. The van der Waals surface area contributed by atoms with Gasteiger partial charge in [0.15, 0.2) is 5.13 Å². The SMILES string of the molecule is Nc1ccc(OCCC(=O)Nc2nc3c(s2)CCC3)cc1. The van der Waals surface area contributed by atoms with E-state index in [1.54, 1.807) is 35.6 Å². The van der Waals surface area contributed by atoms with Crippen LogP contribution in [0.5, 0.6) is 5.75 Å². The summed E-state index contributed by atoms with van der Waals surface area (Å²) in [6.45, 7) is 0.334. The fraction of sp³-hybridized carbons (Fsp3) is 0.333. The van der Waals surface area contributed by atoms with E-state index >= 15 is 0 Å². The number of ether oxygens (including phenoxy) is 1. The second-order valence-corrected chi connectivity index (χ2v) is 6.04. The van der Waals surface area contributed by atoms with Gasteiger partial charge in [0, 0.05) is 10.6 Å². The van der Waals surface area contributed by atoms with Crippen LogP contribution < -0.4 is 15.8 Å². The number of rotatable bonds is 5. The Hall–Kier alpha value is -2.08. The molecule has 3 N–H and O–H groups in total. The maximum Gasteiger partial charge on any atom is 0.229 e. The van der Waals surface area contributed by atoms with Crippen molar-refractivity contribution < 1.29 is 9.53 Å². The molecule has 0 radical (unpaired) electrons. The molecule has 1 aliphatic carbocycles. The van der Waals surface area contributed by atoms with Gasteiger partial charge in [-0.25, -0.2) is 4.98 Å². The zero-order chi connectivity index (χ0) is 14.7. The summed E-state index contributed by atoms with van der Waals surface area (Å²) in [7, 11) is 0. The highest BCUT2D eigenvalue weighted by molar-refractivity contribution is 7.15. The Morgan fingerprint density at radius 3 is 2.90 bits per heavy atom. The second kappa shape index (κ2) is 6.13. The van der Waals surface area contributed by atoms with Gasteiger partial charge in [0.2, 0.25) is 5.91 Å². The monoisotopic (exact) mass is 303 g/mol. The highest BCUT2D eigenvalue weighted by Crippen LogP contribution is 2.30. The smallest absolute Gasteiger partial charge is 0.229 e. The first-order valence-corrected chi connectivity index (χ1v) is 7.79. The molecule has 0 saturated carbocycles. The molecular weight excluding hydrogens is 286 g/mol. The minimum Gasteiger partial charge on any atom is -0.493 e. The van der Waals surface area contributed by atoms with E-state index in [-0.39, 0.29) is 5.91 Å². The lowest BCUT2D eigenvalue weighted by Crippen LogP contribution is -2.15. The zero-order valence-electron chi connectivity index (χ0n) is 11.6. The number of thiazole rings is 1. The van der Waals surface area contributed by atoms with Crippen molar-refractivity contribution in [1.29, 1.82) is 0 Å². The predicted octanol–water partition coefficient (Wildman–Crippen LogP) is 2.62. The van der Waals surface area contributed by atoms with E-state index in [9.17, 15) is 4.79 Å². The molecule has 0 fully saturated rings. The summed E-state index contributed by atoms with van der Waals surface area (Å²) in [5, 5.41) is 3.54. The number of nitrogens with two attached hydrogens (primary N) is 1. The number of aromatic nitrogens is 1. The predicted molar refractivity (Wildman–Crippen MR) is 83.7 cm³/mol. The number of nitrogen functional groups attached to an aromatic ring is 1. The van der Waals surface area contributed by atoms with Gasteiger partial charge in [-0.05, 0) is 43.5 Å². The molecule has 0 atom stereocenters. The average molecular weight is 303 g/mol. The van der Waals surface area contributed by atoms with E-state index < -0.39 is 0 Å². The molecule has 6 heteroatoms. The van der Waals surface area contributed by atoms with Gasteiger partial charge < -0.3 is 15.8 Å². The molecule has 0 bridgehead atoms. The van der Waals surface area contributed by atoms with E-state index in [1.165, 1.54) is 11.3 Å². The Balaban J connectivity index is 1.44. The van der Waals surface area contributed by atoms with E-state index in [0.29, 0.717) is 29.6 Å². The van der Waals surface area contributed by atoms with Crippen molar-refractivity contribution in [2.75, 3.05) is 17.7 Å². The second-order valence-electron chi connectivity index (χ2n) is 4.96. The van der Waals surface area contributed by atoms with Crippen LogP contribution in [0.4, 0.5) is 10.8 Å². The quantitative estimate of drug-likeness (QED) is 0.832. The Morgan fingerprint density at radius 1 is 1.33 bits per heavy atom. The number of benzene rings is 1. The highest BCUT2D eigenvalue weighted by atomic mass is 32.1.